The molecule has 1 aliphatic rings. The van der Waals surface area contributed by atoms with Gasteiger partial charge in [-0.15, -0.1) is 0 Å². The smallest absolute Gasteiger partial charge is 0.408 e. The van der Waals surface area contributed by atoms with Crippen LogP contribution in [0.4, 0.5) is 0 Å². The number of hydrogen-bond acceptors (Lipinski definition) is 5. The third-order valence-corrected chi connectivity index (χ3v) is 6.12. The summed E-state index contributed by atoms with van der Waals surface area (Å²) in [6, 6.07) is 4.41. The van der Waals surface area contributed by atoms with E-state index in [2.05, 4.69) is 10.1 Å². The lowest BCUT2D eigenvalue weighted by atomic mass is 10.3. The van der Waals surface area contributed by atoms with E-state index in [-0.39, 0.29) is 10.9 Å². The number of H-pyrrole nitrogens is 1. The minimum absolute atomic E-state index is 0.0333. The Morgan fingerprint density at radius 2 is 2.21 bits per heavy atom. The van der Waals surface area contributed by atoms with Crippen molar-refractivity contribution in [3.05, 3.63) is 46.7 Å². The molecular formula is C15H16N4O4S. The van der Waals surface area contributed by atoms with Crippen molar-refractivity contribution in [3.8, 4) is 0 Å². The molecule has 0 saturated carbocycles. The van der Waals surface area contributed by atoms with Gasteiger partial charge in [-0.3, -0.25) is 9.67 Å². The van der Waals surface area contributed by atoms with Crippen molar-refractivity contribution in [2.45, 2.75) is 24.3 Å². The molecule has 3 heterocycles. The number of nitrogens with zero attached hydrogens (tertiary/aromatic N) is 3. The third kappa shape index (κ3) is 2.45. The number of aromatic nitrogens is 3. The highest BCUT2D eigenvalue weighted by atomic mass is 32.2. The molecule has 126 valence electrons. The average molecular weight is 348 g/mol. The van der Waals surface area contributed by atoms with Crippen molar-refractivity contribution in [3.63, 3.8) is 0 Å². The molecule has 1 aliphatic heterocycles. The lowest BCUT2D eigenvalue weighted by Crippen LogP contribution is -2.29. The minimum Gasteiger partial charge on any atom is -0.408 e. The van der Waals surface area contributed by atoms with Gasteiger partial charge in [0.2, 0.25) is 10.0 Å². The van der Waals surface area contributed by atoms with Crippen molar-refractivity contribution in [1.29, 1.82) is 0 Å². The van der Waals surface area contributed by atoms with Gasteiger partial charge in [0.1, 0.15) is 0 Å². The standard InChI is InChI=1S/C15H16N4O4S/c1-10-7-16-19(8-10)11-4-5-18(9-11)24(21,22)12-2-3-14-13(6-12)17-15(20)23-14/h2-3,6-8,11H,4-5,9H2,1H3,(H,17,20). The van der Waals surface area contributed by atoms with Crippen molar-refractivity contribution in [2.24, 2.45) is 0 Å². The Balaban J connectivity index is 1.63. The normalized spacial score (nSPS) is 19.3. The Bertz CT molecular complexity index is 1060. The first-order valence-electron chi connectivity index (χ1n) is 7.57. The van der Waals surface area contributed by atoms with Gasteiger partial charge in [-0.2, -0.15) is 9.40 Å². The average Bonchev–Trinajstić information content (AvgIpc) is 3.23. The maximum absolute atomic E-state index is 12.8. The zero-order valence-electron chi connectivity index (χ0n) is 13.0. The highest BCUT2D eigenvalue weighted by molar-refractivity contribution is 7.89. The summed E-state index contributed by atoms with van der Waals surface area (Å²) in [6.45, 7) is 2.77. The first-order valence-corrected chi connectivity index (χ1v) is 9.01. The first-order chi connectivity index (χ1) is 11.4. The van der Waals surface area contributed by atoms with Gasteiger partial charge in [0.15, 0.2) is 5.58 Å². The van der Waals surface area contributed by atoms with Crippen LogP contribution in [0, 0.1) is 6.92 Å². The summed E-state index contributed by atoms with van der Waals surface area (Å²) in [6.07, 6.45) is 4.40. The Labute approximate surface area is 137 Å². The molecule has 24 heavy (non-hydrogen) atoms. The number of nitrogens with one attached hydrogen (secondary N) is 1. The van der Waals surface area contributed by atoms with Crippen molar-refractivity contribution in [1.82, 2.24) is 19.1 Å². The van der Waals surface area contributed by atoms with E-state index in [1.807, 2.05) is 17.8 Å². The van der Waals surface area contributed by atoms with Crippen LogP contribution in [-0.2, 0) is 10.0 Å². The second-order valence-corrected chi connectivity index (χ2v) is 7.91. The molecule has 0 radical (unpaired) electrons. The predicted molar refractivity (Wildman–Crippen MR) is 86.2 cm³/mol. The highest BCUT2D eigenvalue weighted by Crippen LogP contribution is 2.28. The predicted octanol–water partition coefficient (Wildman–Crippen LogP) is 1.26. The lowest BCUT2D eigenvalue weighted by molar-refractivity contribution is 0.434. The van der Waals surface area contributed by atoms with Crippen LogP contribution in [0.2, 0.25) is 0 Å². The molecule has 8 nitrogen and oxygen atoms in total. The molecular weight excluding hydrogens is 332 g/mol. The summed E-state index contributed by atoms with van der Waals surface area (Å²) in [4.78, 5) is 13.8. The molecule has 0 spiro atoms. The number of benzene rings is 1. The van der Waals surface area contributed by atoms with Crippen LogP contribution >= 0.6 is 0 Å². The van der Waals surface area contributed by atoms with Crippen LogP contribution in [0.15, 0.2) is 44.7 Å². The van der Waals surface area contributed by atoms with E-state index in [9.17, 15) is 13.2 Å². The molecule has 1 fully saturated rings. The van der Waals surface area contributed by atoms with E-state index in [0.717, 1.165) is 5.56 Å². The molecule has 1 atom stereocenters. The summed E-state index contributed by atoms with van der Waals surface area (Å²) < 4.78 is 33.9. The van der Waals surface area contributed by atoms with E-state index < -0.39 is 15.8 Å². The fourth-order valence-corrected chi connectivity index (χ4v) is 4.54. The third-order valence-electron chi connectivity index (χ3n) is 4.26. The van der Waals surface area contributed by atoms with E-state index in [1.54, 1.807) is 6.20 Å². The highest BCUT2D eigenvalue weighted by Gasteiger charge is 2.33. The number of aromatic amines is 1. The van der Waals surface area contributed by atoms with Crippen LogP contribution in [0.5, 0.6) is 0 Å². The summed E-state index contributed by atoms with van der Waals surface area (Å²) in [5.74, 6) is -0.602. The van der Waals surface area contributed by atoms with Crippen LogP contribution in [-0.4, -0.2) is 40.6 Å². The Morgan fingerprint density at radius 1 is 1.38 bits per heavy atom. The Hall–Kier alpha value is -2.39. The maximum Gasteiger partial charge on any atom is 0.417 e. The summed E-state index contributed by atoms with van der Waals surface area (Å²) in [7, 11) is -3.63. The van der Waals surface area contributed by atoms with Gasteiger partial charge < -0.3 is 4.42 Å². The molecule has 1 N–H and O–H groups in total. The zero-order valence-corrected chi connectivity index (χ0v) is 13.8. The SMILES string of the molecule is Cc1cnn(C2CCN(S(=O)(=O)c3ccc4oc(=O)[nH]c4c3)C2)c1. The molecule has 1 saturated heterocycles. The second-order valence-electron chi connectivity index (χ2n) is 5.98. The van der Waals surface area contributed by atoms with Gasteiger partial charge in [-0.25, -0.2) is 13.2 Å². The molecule has 9 heteroatoms. The van der Waals surface area contributed by atoms with Gasteiger partial charge >= 0.3 is 5.76 Å². The molecule has 0 aliphatic carbocycles. The number of fused-ring (bicyclic) bond motifs is 1. The molecule has 1 unspecified atom stereocenters. The van der Waals surface area contributed by atoms with Crippen molar-refractivity contribution in [2.75, 3.05) is 13.1 Å². The van der Waals surface area contributed by atoms with Crippen molar-refractivity contribution >= 4 is 21.1 Å². The largest absolute Gasteiger partial charge is 0.417 e. The monoisotopic (exact) mass is 348 g/mol. The van der Waals surface area contributed by atoms with Crippen LogP contribution < -0.4 is 5.76 Å². The van der Waals surface area contributed by atoms with Crippen LogP contribution in [0.1, 0.15) is 18.0 Å². The lowest BCUT2D eigenvalue weighted by Gasteiger charge is -2.16. The Kier molecular flexibility index (Phi) is 3.36. The van der Waals surface area contributed by atoms with Gasteiger partial charge in [-0.1, -0.05) is 0 Å². The summed E-state index contributed by atoms with van der Waals surface area (Å²) in [5.41, 5.74) is 1.76. The second kappa shape index (κ2) is 5.32. The summed E-state index contributed by atoms with van der Waals surface area (Å²) >= 11 is 0. The van der Waals surface area contributed by atoms with E-state index in [4.69, 9.17) is 4.42 Å². The topological polar surface area (TPSA) is 101 Å². The number of aryl methyl sites for hydroxylation is 1. The quantitative estimate of drug-likeness (QED) is 0.768. The molecule has 0 amide bonds. The maximum atomic E-state index is 12.8. The number of hydrogen-bond donors (Lipinski definition) is 1. The number of sulfonamides is 1. The number of rotatable bonds is 3. The van der Waals surface area contributed by atoms with Gasteiger partial charge in [0.05, 0.1) is 22.7 Å². The van der Waals surface area contributed by atoms with Gasteiger partial charge in [0.25, 0.3) is 0 Å². The molecule has 1 aromatic carbocycles. The fraction of sp³-hybridized carbons (Fsp3) is 0.333. The van der Waals surface area contributed by atoms with Gasteiger partial charge in [0, 0.05) is 19.3 Å². The minimum atomic E-state index is -3.63. The first kappa shape index (κ1) is 15.2. The number of oxazole rings is 1. The van der Waals surface area contributed by atoms with E-state index >= 15 is 0 Å². The molecule has 4 rings (SSSR count). The molecule has 3 aromatic rings. The molecule has 2 aromatic heterocycles. The van der Waals surface area contributed by atoms with Gasteiger partial charge in [-0.05, 0) is 37.1 Å². The molecule has 0 bridgehead atoms. The Morgan fingerprint density at radius 3 is 2.96 bits per heavy atom. The summed E-state index contributed by atoms with van der Waals surface area (Å²) in [5, 5.41) is 4.27. The fourth-order valence-electron chi connectivity index (χ4n) is 3.02. The van der Waals surface area contributed by atoms with E-state index in [0.29, 0.717) is 30.6 Å². The van der Waals surface area contributed by atoms with Crippen molar-refractivity contribution < 1.29 is 12.8 Å². The van der Waals surface area contributed by atoms with Crippen LogP contribution in [0.25, 0.3) is 11.1 Å². The van der Waals surface area contributed by atoms with E-state index in [1.165, 1.54) is 22.5 Å². The van der Waals surface area contributed by atoms with Crippen LogP contribution in [0.3, 0.4) is 0 Å². The zero-order chi connectivity index (χ0) is 16.9.